The Kier molecular flexibility index (Phi) is 5.71. The summed E-state index contributed by atoms with van der Waals surface area (Å²) >= 11 is 1.24. The van der Waals surface area contributed by atoms with Gasteiger partial charge in [-0.3, -0.25) is 14.6 Å². The van der Waals surface area contributed by atoms with Gasteiger partial charge in [0.15, 0.2) is 5.16 Å². The van der Waals surface area contributed by atoms with Gasteiger partial charge in [0, 0.05) is 30.7 Å². The monoisotopic (exact) mass is 318 g/mol. The molecule has 0 aliphatic heterocycles. The van der Waals surface area contributed by atoms with E-state index in [1.807, 2.05) is 12.1 Å². The van der Waals surface area contributed by atoms with E-state index in [-0.39, 0.29) is 16.7 Å². The highest BCUT2D eigenvalue weighted by Gasteiger charge is 2.15. The van der Waals surface area contributed by atoms with Gasteiger partial charge < -0.3 is 10.3 Å². The molecule has 2 N–H and O–H groups in total. The minimum absolute atomic E-state index is 0.0804. The Morgan fingerprint density at radius 3 is 2.82 bits per heavy atom. The van der Waals surface area contributed by atoms with Gasteiger partial charge in [0.1, 0.15) is 0 Å². The highest BCUT2D eigenvalue weighted by atomic mass is 32.2. The number of carbonyl (C=O) groups is 1. The Morgan fingerprint density at radius 2 is 2.14 bits per heavy atom. The summed E-state index contributed by atoms with van der Waals surface area (Å²) in [6.45, 7) is 4.10. The van der Waals surface area contributed by atoms with E-state index in [1.54, 1.807) is 26.2 Å². The number of thioether (sulfide) groups is 1. The number of pyridine rings is 1. The molecule has 0 radical (unpaired) electrons. The molecule has 1 atom stereocenters. The van der Waals surface area contributed by atoms with Crippen molar-refractivity contribution in [3.05, 3.63) is 52.2 Å². The molecule has 2 rings (SSSR count). The normalized spacial score (nSPS) is 11.9. The van der Waals surface area contributed by atoms with Gasteiger partial charge >= 0.3 is 0 Å². The number of hydrogen-bond donors (Lipinski definition) is 2. The summed E-state index contributed by atoms with van der Waals surface area (Å²) in [6.07, 6.45) is 4.22. The molecular formula is C15H18N4O2S. The van der Waals surface area contributed by atoms with Gasteiger partial charge in [0.05, 0.1) is 5.25 Å². The average Bonchev–Trinajstić information content (AvgIpc) is 2.47. The van der Waals surface area contributed by atoms with Gasteiger partial charge in [-0.25, -0.2) is 4.98 Å². The first-order valence-electron chi connectivity index (χ1n) is 6.96. The number of carbonyl (C=O) groups excluding carboxylic acids is 1. The second kappa shape index (κ2) is 7.74. The summed E-state index contributed by atoms with van der Waals surface area (Å²) in [6, 6.07) is 5.26. The van der Waals surface area contributed by atoms with Crippen molar-refractivity contribution in [2.75, 3.05) is 6.54 Å². The number of hydrogen-bond acceptors (Lipinski definition) is 5. The predicted molar refractivity (Wildman–Crippen MR) is 85.9 cm³/mol. The number of aromatic nitrogens is 3. The zero-order valence-electron chi connectivity index (χ0n) is 12.5. The number of nitrogens with zero attached hydrogens (tertiary/aromatic N) is 2. The van der Waals surface area contributed by atoms with Crippen LogP contribution in [0.4, 0.5) is 0 Å². The van der Waals surface area contributed by atoms with E-state index in [0.29, 0.717) is 17.4 Å². The Hall–Kier alpha value is -2.15. The molecule has 22 heavy (non-hydrogen) atoms. The molecule has 2 heterocycles. The number of aryl methyl sites for hydroxylation is 1. The number of rotatable bonds is 6. The SMILES string of the molecule is Cc1cc(=O)[nH]c(S[C@@H](C)C(=O)NCCc2ccncc2)n1. The summed E-state index contributed by atoms with van der Waals surface area (Å²) in [5.74, 6) is -0.0804. The Labute approximate surface area is 132 Å². The quantitative estimate of drug-likeness (QED) is 0.619. The summed E-state index contributed by atoms with van der Waals surface area (Å²) in [4.78, 5) is 34.2. The van der Waals surface area contributed by atoms with Crippen molar-refractivity contribution in [2.45, 2.75) is 30.7 Å². The minimum atomic E-state index is -0.331. The molecule has 116 valence electrons. The molecule has 0 fully saturated rings. The molecule has 0 saturated heterocycles. The summed E-state index contributed by atoms with van der Waals surface area (Å²) in [5, 5.41) is 3.01. The van der Waals surface area contributed by atoms with Crippen molar-refractivity contribution in [2.24, 2.45) is 0 Å². The number of nitrogens with one attached hydrogen (secondary N) is 2. The van der Waals surface area contributed by atoms with E-state index < -0.39 is 0 Å². The van der Waals surface area contributed by atoms with Crippen LogP contribution in [0.25, 0.3) is 0 Å². The third kappa shape index (κ3) is 5.00. The lowest BCUT2D eigenvalue weighted by Gasteiger charge is -2.11. The largest absolute Gasteiger partial charge is 0.355 e. The first-order valence-corrected chi connectivity index (χ1v) is 7.84. The number of H-pyrrole nitrogens is 1. The highest BCUT2D eigenvalue weighted by Crippen LogP contribution is 2.18. The van der Waals surface area contributed by atoms with Gasteiger partial charge in [-0.05, 0) is 38.0 Å². The van der Waals surface area contributed by atoms with Crippen LogP contribution in [0.1, 0.15) is 18.2 Å². The van der Waals surface area contributed by atoms with Crippen LogP contribution < -0.4 is 10.9 Å². The molecule has 0 aliphatic carbocycles. The molecule has 6 nitrogen and oxygen atoms in total. The number of aromatic amines is 1. The molecule has 0 aliphatic rings. The van der Waals surface area contributed by atoms with Crippen LogP contribution in [0, 0.1) is 6.92 Å². The van der Waals surface area contributed by atoms with Crippen LogP contribution in [0.2, 0.25) is 0 Å². The summed E-state index contributed by atoms with van der Waals surface area (Å²) in [5.41, 5.74) is 1.55. The molecule has 0 saturated carbocycles. The molecule has 1 amide bonds. The minimum Gasteiger partial charge on any atom is -0.355 e. The Balaban J connectivity index is 1.83. The van der Waals surface area contributed by atoms with Gasteiger partial charge in [0.25, 0.3) is 5.56 Å². The molecule has 2 aromatic heterocycles. The second-order valence-electron chi connectivity index (χ2n) is 4.85. The molecule has 7 heteroatoms. The predicted octanol–water partition coefficient (Wildman–Crippen LogP) is 1.31. The van der Waals surface area contributed by atoms with E-state index in [4.69, 9.17) is 0 Å². The molecule has 0 unspecified atom stereocenters. The van der Waals surface area contributed by atoms with E-state index in [9.17, 15) is 9.59 Å². The highest BCUT2D eigenvalue weighted by molar-refractivity contribution is 8.00. The molecule has 0 bridgehead atoms. The van der Waals surface area contributed by atoms with Gasteiger partial charge in [-0.1, -0.05) is 11.8 Å². The van der Waals surface area contributed by atoms with Crippen molar-refractivity contribution in [1.82, 2.24) is 20.3 Å². The lowest BCUT2D eigenvalue weighted by molar-refractivity contribution is -0.120. The van der Waals surface area contributed by atoms with Crippen LogP contribution in [0.3, 0.4) is 0 Å². The van der Waals surface area contributed by atoms with Crippen LogP contribution in [0.15, 0.2) is 40.5 Å². The molecule has 0 spiro atoms. The first-order chi connectivity index (χ1) is 10.5. The van der Waals surface area contributed by atoms with Crippen molar-refractivity contribution < 1.29 is 4.79 Å². The van der Waals surface area contributed by atoms with Crippen LogP contribution in [0.5, 0.6) is 0 Å². The topological polar surface area (TPSA) is 87.7 Å². The fraction of sp³-hybridized carbons (Fsp3) is 0.333. The van der Waals surface area contributed by atoms with Crippen LogP contribution >= 0.6 is 11.8 Å². The first kappa shape index (κ1) is 16.2. The molecule has 2 aromatic rings. The van der Waals surface area contributed by atoms with Crippen molar-refractivity contribution >= 4 is 17.7 Å². The Bertz CT molecular complexity index is 687. The van der Waals surface area contributed by atoms with Gasteiger partial charge in [-0.2, -0.15) is 0 Å². The third-order valence-electron chi connectivity index (χ3n) is 2.97. The lowest BCUT2D eigenvalue weighted by Crippen LogP contribution is -2.32. The molecule has 0 aromatic carbocycles. The molecular weight excluding hydrogens is 300 g/mol. The number of amides is 1. The second-order valence-corrected chi connectivity index (χ2v) is 6.18. The zero-order valence-corrected chi connectivity index (χ0v) is 13.3. The maximum Gasteiger partial charge on any atom is 0.251 e. The van der Waals surface area contributed by atoms with Crippen LogP contribution in [-0.2, 0) is 11.2 Å². The van der Waals surface area contributed by atoms with Gasteiger partial charge in [-0.15, -0.1) is 0 Å². The standard InChI is InChI=1S/C15H18N4O2S/c1-10-9-13(20)19-15(18-10)22-11(2)14(21)17-8-5-12-3-6-16-7-4-12/h3-4,6-7,9,11H,5,8H2,1-2H3,(H,17,21)(H,18,19,20)/t11-/m0/s1. The maximum atomic E-state index is 12.0. The van der Waals surface area contributed by atoms with Gasteiger partial charge in [0.2, 0.25) is 5.91 Å². The fourth-order valence-corrected chi connectivity index (χ4v) is 2.73. The fourth-order valence-electron chi connectivity index (χ4n) is 1.85. The van der Waals surface area contributed by atoms with Crippen molar-refractivity contribution in [1.29, 1.82) is 0 Å². The zero-order chi connectivity index (χ0) is 15.9. The van der Waals surface area contributed by atoms with E-state index >= 15 is 0 Å². The van der Waals surface area contributed by atoms with Crippen LogP contribution in [-0.4, -0.2) is 32.7 Å². The summed E-state index contributed by atoms with van der Waals surface area (Å²) < 4.78 is 0. The maximum absolute atomic E-state index is 12.0. The average molecular weight is 318 g/mol. The van der Waals surface area contributed by atoms with E-state index in [0.717, 1.165) is 12.0 Å². The Morgan fingerprint density at radius 1 is 1.41 bits per heavy atom. The third-order valence-corrected chi connectivity index (χ3v) is 3.95. The van der Waals surface area contributed by atoms with E-state index in [1.165, 1.54) is 17.8 Å². The van der Waals surface area contributed by atoms with Crippen molar-refractivity contribution in [3.63, 3.8) is 0 Å². The van der Waals surface area contributed by atoms with E-state index in [2.05, 4.69) is 20.3 Å². The lowest BCUT2D eigenvalue weighted by atomic mass is 10.2. The summed E-state index contributed by atoms with van der Waals surface area (Å²) in [7, 11) is 0. The van der Waals surface area contributed by atoms with Crippen molar-refractivity contribution in [3.8, 4) is 0 Å². The smallest absolute Gasteiger partial charge is 0.251 e.